The van der Waals surface area contributed by atoms with Gasteiger partial charge in [0.05, 0.1) is 11.7 Å². The lowest BCUT2D eigenvalue weighted by Crippen LogP contribution is -2.33. The summed E-state index contributed by atoms with van der Waals surface area (Å²) in [5.41, 5.74) is -0.152. The lowest BCUT2D eigenvalue weighted by Gasteiger charge is -2.16. The molecule has 1 saturated heterocycles. The molecule has 0 amide bonds. The average molecular weight is 467 g/mol. The number of aromatic amines is 1. The Morgan fingerprint density at radius 3 is 2.79 bits per heavy atom. The van der Waals surface area contributed by atoms with E-state index in [1.165, 1.54) is 21.8 Å². The lowest BCUT2D eigenvalue weighted by atomic mass is 10.2. The van der Waals surface area contributed by atoms with Crippen LogP contribution in [0.2, 0.25) is 0 Å². The zero-order valence-electron chi connectivity index (χ0n) is 15.2. The van der Waals surface area contributed by atoms with Crippen molar-refractivity contribution < 1.29 is 24.1 Å². The number of nitrogens with zero attached hydrogens (tertiary/aromatic N) is 1. The summed E-state index contributed by atoms with van der Waals surface area (Å²) >= 11 is 3.08. The number of halogens is 1. The van der Waals surface area contributed by atoms with Crippen LogP contribution in [-0.4, -0.2) is 39.6 Å². The molecule has 2 aromatic rings. The van der Waals surface area contributed by atoms with E-state index in [-0.39, 0.29) is 25.2 Å². The molecule has 3 rings (SSSR count). The van der Waals surface area contributed by atoms with Gasteiger partial charge in [-0.1, -0.05) is 46.3 Å². The molecule has 1 aromatic heterocycles. The molecule has 2 N–H and O–H groups in total. The van der Waals surface area contributed by atoms with Crippen molar-refractivity contribution in [3.05, 3.63) is 73.5 Å². The van der Waals surface area contributed by atoms with Gasteiger partial charge in [-0.15, -0.1) is 0 Å². The molecule has 0 bridgehead atoms. The van der Waals surface area contributed by atoms with Crippen molar-refractivity contribution in [3.63, 3.8) is 0 Å². The monoisotopic (exact) mass is 466 g/mol. The Labute approximate surface area is 173 Å². The van der Waals surface area contributed by atoms with E-state index in [1.807, 2.05) is 30.3 Å². The predicted octanol–water partition coefficient (Wildman–Crippen LogP) is 1.90. The van der Waals surface area contributed by atoms with Crippen LogP contribution in [0, 0.1) is 0 Å². The quantitative estimate of drug-likeness (QED) is 0.623. The van der Waals surface area contributed by atoms with Gasteiger partial charge >= 0.3 is 11.8 Å². The zero-order chi connectivity index (χ0) is 20.8. The van der Waals surface area contributed by atoms with E-state index in [4.69, 9.17) is 14.2 Å². The molecule has 0 spiro atoms. The Kier molecular flexibility index (Phi) is 7.02. The van der Waals surface area contributed by atoms with Gasteiger partial charge in [0.1, 0.15) is 25.5 Å². The number of ether oxygens (including phenoxy) is 3. The first-order valence-corrected chi connectivity index (χ1v) is 9.68. The third-order valence-electron chi connectivity index (χ3n) is 4.32. The van der Waals surface area contributed by atoms with Crippen LogP contribution in [0.15, 0.2) is 51.1 Å². The minimum absolute atomic E-state index is 0.0625. The summed E-state index contributed by atoms with van der Waals surface area (Å²) in [5, 5.41) is 10.2. The summed E-state index contributed by atoms with van der Waals surface area (Å²) in [4.78, 5) is 39.3. The highest BCUT2D eigenvalue weighted by atomic mass is 79.9. The van der Waals surface area contributed by atoms with Gasteiger partial charge in [0.2, 0.25) is 0 Å². The van der Waals surface area contributed by atoms with Gasteiger partial charge in [0, 0.05) is 12.6 Å². The van der Waals surface area contributed by atoms with E-state index >= 15 is 0 Å². The largest absolute Gasteiger partial charge is 0.508 e. The molecule has 1 aliphatic heterocycles. The molecule has 0 aliphatic carbocycles. The second-order valence-corrected chi connectivity index (χ2v) is 6.84. The molecule has 0 saturated carbocycles. The standard InChI is InChI=1S/C19H19BrN2O7/c20-7-6-13-9-22(18(25)21-17(13)24)16-8-14(23)15(29-16)11-28-19(26)27-10-12-4-2-1-3-5-12/h1-7,9,14-16,23H,8,10-11H2,(H,21,24,25)/b7-6+/t14-,15+,16+/m0/s1. The lowest BCUT2D eigenvalue weighted by molar-refractivity contribution is -0.0595. The topological polar surface area (TPSA) is 120 Å². The van der Waals surface area contributed by atoms with Crippen molar-refractivity contribution in [2.24, 2.45) is 0 Å². The molecule has 1 aliphatic rings. The van der Waals surface area contributed by atoms with E-state index in [2.05, 4.69) is 20.9 Å². The Bertz CT molecular complexity index is 986. The van der Waals surface area contributed by atoms with Crippen molar-refractivity contribution >= 4 is 28.2 Å². The fourth-order valence-electron chi connectivity index (χ4n) is 2.85. The normalized spacial score (nSPS) is 21.4. The number of carbonyl (C=O) groups is 1. The Balaban J connectivity index is 1.57. The first-order valence-electron chi connectivity index (χ1n) is 8.77. The molecular formula is C19H19BrN2O7. The molecule has 9 nitrogen and oxygen atoms in total. The molecule has 0 radical (unpaired) electrons. The predicted molar refractivity (Wildman–Crippen MR) is 106 cm³/mol. The van der Waals surface area contributed by atoms with Crippen molar-refractivity contribution in [1.29, 1.82) is 0 Å². The minimum atomic E-state index is -0.962. The maximum absolute atomic E-state index is 12.1. The number of aliphatic hydroxyl groups is 1. The third kappa shape index (κ3) is 5.43. The summed E-state index contributed by atoms with van der Waals surface area (Å²) in [7, 11) is 0. The number of hydrogen-bond acceptors (Lipinski definition) is 7. The maximum Gasteiger partial charge on any atom is 0.508 e. The molecule has 10 heteroatoms. The molecule has 29 heavy (non-hydrogen) atoms. The SMILES string of the molecule is O=C(OCc1ccccc1)OC[C@H]1O[C@@H](n2cc(/C=C/Br)c(=O)[nH]c2=O)C[C@@H]1O. The summed E-state index contributed by atoms with van der Waals surface area (Å²) in [6.07, 6.45) is -0.591. The molecular weight excluding hydrogens is 448 g/mol. The van der Waals surface area contributed by atoms with Gasteiger partial charge in [-0.05, 0) is 16.6 Å². The highest BCUT2D eigenvalue weighted by Gasteiger charge is 2.36. The van der Waals surface area contributed by atoms with Crippen LogP contribution in [0.1, 0.15) is 23.8 Å². The average Bonchev–Trinajstić information content (AvgIpc) is 3.08. The van der Waals surface area contributed by atoms with Crippen LogP contribution < -0.4 is 11.2 Å². The van der Waals surface area contributed by atoms with Crippen LogP contribution >= 0.6 is 15.9 Å². The fraction of sp³-hybridized carbons (Fsp3) is 0.316. The summed E-state index contributed by atoms with van der Waals surface area (Å²) in [6, 6.07) is 9.12. The van der Waals surface area contributed by atoms with E-state index in [0.29, 0.717) is 0 Å². The molecule has 2 heterocycles. The maximum atomic E-state index is 12.1. The fourth-order valence-corrected chi connectivity index (χ4v) is 3.13. The van der Waals surface area contributed by atoms with Crippen LogP contribution in [0.3, 0.4) is 0 Å². The Morgan fingerprint density at radius 1 is 1.31 bits per heavy atom. The number of benzene rings is 1. The van der Waals surface area contributed by atoms with Gasteiger partial charge < -0.3 is 19.3 Å². The molecule has 3 atom stereocenters. The van der Waals surface area contributed by atoms with E-state index in [0.717, 1.165) is 5.56 Å². The van der Waals surface area contributed by atoms with Crippen molar-refractivity contribution in [2.45, 2.75) is 31.5 Å². The van der Waals surface area contributed by atoms with Crippen LogP contribution in [-0.2, 0) is 20.8 Å². The van der Waals surface area contributed by atoms with Gasteiger partial charge in [-0.3, -0.25) is 14.3 Å². The number of rotatable bonds is 6. The number of hydrogen-bond donors (Lipinski definition) is 2. The number of aliphatic hydroxyl groups excluding tert-OH is 1. The first-order chi connectivity index (χ1) is 14.0. The van der Waals surface area contributed by atoms with Gasteiger partial charge in [-0.2, -0.15) is 0 Å². The summed E-state index contributed by atoms with van der Waals surface area (Å²) in [6.45, 7) is -0.176. The molecule has 1 aromatic carbocycles. The molecule has 154 valence electrons. The van der Waals surface area contributed by atoms with Gasteiger partial charge in [-0.25, -0.2) is 9.59 Å². The van der Waals surface area contributed by atoms with Gasteiger partial charge in [0.15, 0.2) is 0 Å². The zero-order valence-corrected chi connectivity index (χ0v) is 16.8. The van der Waals surface area contributed by atoms with Crippen LogP contribution in [0.5, 0.6) is 0 Å². The number of nitrogens with one attached hydrogen (secondary N) is 1. The van der Waals surface area contributed by atoms with E-state index < -0.39 is 35.8 Å². The highest BCUT2D eigenvalue weighted by Crippen LogP contribution is 2.28. The highest BCUT2D eigenvalue weighted by molar-refractivity contribution is 9.11. The van der Waals surface area contributed by atoms with Crippen molar-refractivity contribution in [3.8, 4) is 0 Å². The molecule has 0 unspecified atom stereocenters. The second kappa shape index (κ2) is 9.68. The number of carbonyl (C=O) groups excluding carboxylic acids is 1. The summed E-state index contributed by atoms with van der Waals surface area (Å²) < 4.78 is 16.8. The van der Waals surface area contributed by atoms with Crippen LogP contribution in [0.25, 0.3) is 6.08 Å². The molecule has 1 fully saturated rings. The second-order valence-electron chi connectivity index (χ2n) is 6.31. The van der Waals surface area contributed by atoms with Gasteiger partial charge in [0.25, 0.3) is 5.56 Å². The van der Waals surface area contributed by atoms with Crippen molar-refractivity contribution in [2.75, 3.05) is 6.61 Å². The Hall–Kier alpha value is -2.69. The van der Waals surface area contributed by atoms with Crippen molar-refractivity contribution in [1.82, 2.24) is 9.55 Å². The third-order valence-corrected chi connectivity index (χ3v) is 4.58. The van der Waals surface area contributed by atoms with E-state index in [9.17, 15) is 19.5 Å². The summed E-state index contributed by atoms with van der Waals surface area (Å²) in [5.74, 6) is 0. The first kappa shape index (κ1) is 21.0. The number of aromatic nitrogens is 2. The number of H-pyrrole nitrogens is 1. The minimum Gasteiger partial charge on any atom is -0.431 e. The Morgan fingerprint density at radius 2 is 2.07 bits per heavy atom. The van der Waals surface area contributed by atoms with E-state index in [1.54, 1.807) is 0 Å². The smallest absolute Gasteiger partial charge is 0.431 e. The van der Waals surface area contributed by atoms with Crippen LogP contribution in [0.4, 0.5) is 4.79 Å².